The van der Waals surface area contributed by atoms with Crippen LogP contribution in [0.15, 0.2) is 36.5 Å². The average Bonchev–Trinajstić information content (AvgIpc) is 2.76. The molecule has 0 bridgehead atoms. The van der Waals surface area contributed by atoms with Crippen LogP contribution in [0.4, 0.5) is 0 Å². The molecule has 3 aromatic rings. The zero-order chi connectivity index (χ0) is 11.1. The van der Waals surface area contributed by atoms with Gasteiger partial charge in [-0.3, -0.25) is 5.10 Å². The zero-order valence-corrected chi connectivity index (χ0v) is 9.49. The van der Waals surface area contributed by atoms with Crippen molar-refractivity contribution in [3.8, 4) is 0 Å². The maximum absolute atomic E-state index is 4.08. The maximum atomic E-state index is 4.08. The van der Waals surface area contributed by atoms with E-state index in [0.29, 0.717) is 5.92 Å². The van der Waals surface area contributed by atoms with Crippen LogP contribution in [0.5, 0.6) is 0 Å². The summed E-state index contributed by atoms with van der Waals surface area (Å²) < 4.78 is 0. The van der Waals surface area contributed by atoms with Gasteiger partial charge in [-0.2, -0.15) is 5.10 Å². The molecule has 0 unspecified atom stereocenters. The minimum atomic E-state index is 0.574. The first kappa shape index (κ1) is 9.40. The Kier molecular flexibility index (Phi) is 1.96. The molecule has 2 heteroatoms. The van der Waals surface area contributed by atoms with Crippen molar-refractivity contribution in [1.82, 2.24) is 10.2 Å². The van der Waals surface area contributed by atoms with Gasteiger partial charge in [0.15, 0.2) is 0 Å². The van der Waals surface area contributed by atoms with Gasteiger partial charge in [0, 0.05) is 5.39 Å². The predicted octanol–water partition coefficient (Wildman–Crippen LogP) is 3.84. The van der Waals surface area contributed by atoms with Gasteiger partial charge in [0.25, 0.3) is 0 Å². The summed E-state index contributed by atoms with van der Waals surface area (Å²) in [6.45, 7) is 4.44. The molecule has 0 aliphatic rings. The summed E-state index contributed by atoms with van der Waals surface area (Å²) in [5, 5.41) is 10.9. The van der Waals surface area contributed by atoms with Crippen LogP contribution in [0, 0.1) is 0 Å². The lowest BCUT2D eigenvalue weighted by atomic mass is 9.98. The highest BCUT2D eigenvalue weighted by Crippen LogP contribution is 2.26. The molecule has 0 aliphatic carbocycles. The number of fused-ring (bicyclic) bond motifs is 3. The monoisotopic (exact) mass is 210 g/mol. The van der Waals surface area contributed by atoms with E-state index in [-0.39, 0.29) is 0 Å². The number of nitrogens with zero attached hydrogens (tertiary/aromatic N) is 1. The largest absolute Gasteiger partial charge is 0.278 e. The lowest BCUT2D eigenvalue weighted by Gasteiger charge is -2.07. The highest BCUT2D eigenvalue weighted by Gasteiger charge is 2.04. The first-order chi connectivity index (χ1) is 7.75. The van der Waals surface area contributed by atoms with Crippen molar-refractivity contribution in [1.29, 1.82) is 0 Å². The van der Waals surface area contributed by atoms with Crippen LogP contribution in [0.3, 0.4) is 0 Å². The fourth-order valence-corrected chi connectivity index (χ4v) is 2.13. The molecule has 16 heavy (non-hydrogen) atoms. The molecule has 80 valence electrons. The van der Waals surface area contributed by atoms with Gasteiger partial charge in [-0.1, -0.05) is 38.1 Å². The minimum Gasteiger partial charge on any atom is -0.278 e. The smallest absolute Gasteiger partial charge is 0.0656 e. The number of nitrogens with one attached hydrogen (secondary N) is 1. The van der Waals surface area contributed by atoms with Gasteiger partial charge in [0.2, 0.25) is 0 Å². The molecule has 2 aromatic carbocycles. The molecule has 0 radical (unpaired) electrons. The van der Waals surface area contributed by atoms with Gasteiger partial charge in [0.05, 0.1) is 11.7 Å². The van der Waals surface area contributed by atoms with E-state index < -0.39 is 0 Å². The van der Waals surface area contributed by atoms with E-state index in [2.05, 4.69) is 54.4 Å². The van der Waals surface area contributed by atoms with Crippen LogP contribution in [0.2, 0.25) is 0 Å². The summed E-state index contributed by atoms with van der Waals surface area (Å²) in [6, 6.07) is 10.9. The Morgan fingerprint density at radius 3 is 2.75 bits per heavy atom. The van der Waals surface area contributed by atoms with Crippen molar-refractivity contribution in [3.63, 3.8) is 0 Å². The Morgan fingerprint density at radius 2 is 1.94 bits per heavy atom. The van der Waals surface area contributed by atoms with Gasteiger partial charge in [-0.15, -0.1) is 0 Å². The Balaban J connectivity index is 2.37. The molecule has 3 rings (SSSR count). The standard InChI is InChI=1S/C14H14N2/c1-9(2)10-3-5-12-11(7-10)4-6-14-13(12)8-15-16-14/h3-9H,1-2H3,(H,15,16). The van der Waals surface area contributed by atoms with Crippen LogP contribution in [-0.2, 0) is 0 Å². The molecule has 2 nitrogen and oxygen atoms in total. The fourth-order valence-electron chi connectivity index (χ4n) is 2.13. The predicted molar refractivity (Wildman–Crippen MR) is 67.7 cm³/mol. The van der Waals surface area contributed by atoms with Crippen molar-refractivity contribution in [2.45, 2.75) is 19.8 Å². The third kappa shape index (κ3) is 1.30. The molecule has 0 aliphatic heterocycles. The molecule has 1 heterocycles. The van der Waals surface area contributed by atoms with Crippen LogP contribution >= 0.6 is 0 Å². The second kappa shape index (κ2) is 3.34. The van der Waals surface area contributed by atoms with Gasteiger partial charge >= 0.3 is 0 Å². The summed E-state index contributed by atoms with van der Waals surface area (Å²) in [4.78, 5) is 0. The quantitative estimate of drug-likeness (QED) is 0.649. The van der Waals surface area contributed by atoms with Crippen LogP contribution in [0.1, 0.15) is 25.3 Å². The second-order valence-corrected chi connectivity index (χ2v) is 4.53. The summed E-state index contributed by atoms with van der Waals surface area (Å²) in [7, 11) is 0. The number of hydrogen-bond acceptors (Lipinski definition) is 1. The Bertz CT molecular complexity index is 650. The molecule has 1 N–H and O–H groups in total. The van der Waals surface area contributed by atoms with Crippen molar-refractivity contribution in [2.75, 3.05) is 0 Å². The molecular weight excluding hydrogens is 196 g/mol. The van der Waals surface area contributed by atoms with E-state index in [4.69, 9.17) is 0 Å². The molecule has 0 fully saturated rings. The summed E-state index contributed by atoms with van der Waals surface area (Å²) in [5.41, 5.74) is 2.49. The normalized spacial score (nSPS) is 11.7. The molecule has 0 atom stereocenters. The Labute approximate surface area is 94.3 Å². The van der Waals surface area contributed by atoms with E-state index in [1.807, 2.05) is 6.20 Å². The Hall–Kier alpha value is -1.83. The van der Waals surface area contributed by atoms with Gasteiger partial charge in [-0.25, -0.2) is 0 Å². The minimum absolute atomic E-state index is 0.574. The first-order valence-corrected chi connectivity index (χ1v) is 5.61. The number of rotatable bonds is 1. The number of H-pyrrole nitrogens is 1. The van der Waals surface area contributed by atoms with Crippen molar-refractivity contribution in [3.05, 3.63) is 42.1 Å². The second-order valence-electron chi connectivity index (χ2n) is 4.53. The summed E-state index contributed by atoms with van der Waals surface area (Å²) >= 11 is 0. The van der Waals surface area contributed by atoms with Crippen LogP contribution in [0.25, 0.3) is 21.7 Å². The third-order valence-corrected chi connectivity index (χ3v) is 3.13. The SMILES string of the molecule is CC(C)c1ccc2c(ccc3[nH]ncc32)c1. The van der Waals surface area contributed by atoms with Gasteiger partial charge < -0.3 is 0 Å². The van der Waals surface area contributed by atoms with Crippen LogP contribution in [-0.4, -0.2) is 10.2 Å². The summed E-state index contributed by atoms with van der Waals surface area (Å²) in [5.74, 6) is 0.574. The number of hydrogen-bond donors (Lipinski definition) is 1. The maximum Gasteiger partial charge on any atom is 0.0656 e. The molecular formula is C14H14N2. The topological polar surface area (TPSA) is 28.7 Å². The van der Waals surface area contributed by atoms with Crippen LogP contribution < -0.4 is 0 Å². The fraction of sp³-hybridized carbons (Fsp3) is 0.214. The lowest BCUT2D eigenvalue weighted by molar-refractivity contribution is 0.869. The number of aromatic nitrogens is 2. The van der Waals surface area contributed by atoms with Gasteiger partial charge in [-0.05, 0) is 28.3 Å². The average molecular weight is 210 g/mol. The Morgan fingerprint density at radius 1 is 1.06 bits per heavy atom. The van der Waals surface area contributed by atoms with E-state index in [1.54, 1.807) is 0 Å². The van der Waals surface area contributed by atoms with E-state index in [1.165, 1.54) is 21.7 Å². The van der Waals surface area contributed by atoms with Gasteiger partial charge in [0.1, 0.15) is 0 Å². The molecule has 0 saturated heterocycles. The number of aromatic amines is 1. The molecule has 1 aromatic heterocycles. The molecule has 0 saturated carbocycles. The van der Waals surface area contributed by atoms with Crippen molar-refractivity contribution >= 4 is 21.7 Å². The van der Waals surface area contributed by atoms with E-state index in [9.17, 15) is 0 Å². The molecule has 0 spiro atoms. The highest BCUT2D eigenvalue weighted by molar-refractivity contribution is 6.06. The lowest BCUT2D eigenvalue weighted by Crippen LogP contribution is -1.86. The van der Waals surface area contributed by atoms with Crippen molar-refractivity contribution < 1.29 is 0 Å². The third-order valence-electron chi connectivity index (χ3n) is 3.13. The van der Waals surface area contributed by atoms with E-state index >= 15 is 0 Å². The number of benzene rings is 2. The molecule has 0 amide bonds. The highest BCUT2D eigenvalue weighted by atomic mass is 15.1. The zero-order valence-electron chi connectivity index (χ0n) is 9.49. The first-order valence-electron chi connectivity index (χ1n) is 5.61. The van der Waals surface area contributed by atoms with Crippen molar-refractivity contribution in [2.24, 2.45) is 0 Å². The van der Waals surface area contributed by atoms with E-state index in [0.717, 1.165) is 5.52 Å². The summed E-state index contributed by atoms with van der Waals surface area (Å²) in [6.07, 6.45) is 1.90.